The molecule has 0 N–H and O–H groups in total. The molecule has 2 rings (SSSR count). The first-order valence-electron chi connectivity index (χ1n) is 6.43. The number of hydrogen-bond donors (Lipinski definition) is 0. The lowest BCUT2D eigenvalue weighted by Crippen LogP contribution is -2.12. The van der Waals surface area contributed by atoms with E-state index in [1.165, 1.54) is 17.6 Å². The van der Waals surface area contributed by atoms with Crippen molar-refractivity contribution in [3.63, 3.8) is 0 Å². The minimum absolute atomic E-state index is 0.739. The molecular formula is C15H20ClNO. The van der Waals surface area contributed by atoms with Gasteiger partial charge in [-0.15, -0.1) is 0 Å². The average Bonchev–Trinajstić information content (AvgIpc) is 2.51. The molecule has 3 heteroatoms. The molecule has 1 aliphatic rings. The van der Waals surface area contributed by atoms with Gasteiger partial charge in [-0.05, 0) is 57.3 Å². The molecule has 0 aliphatic carbocycles. The van der Waals surface area contributed by atoms with Crippen molar-refractivity contribution >= 4 is 17.2 Å². The molecule has 1 aromatic rings. The van der Waals surface area contributed by atoms with Crippen LogP contribution in [0.25, 0.3) is 5.57 Å². The third-order valence-electron chi connectivity index (χ3n) is 3.11. The number of hydrogen-bond acceptors (Lipinski definition) is 2. The number of fused-ring (bicyclic) bond motifs is 1. The van der Waals surface area contributed by atoms with E-state index in [-0.39, 0.29) is 0 Å². The number of benzene rings is 1. The molecule has 1 heterocycles. The van der Waals surface area contributed by atoms with Crippen molar-refractivity contribution in [3.8, 4) is 5.75 Å². The summed E-state index contributed by atoms with van der Waals surface area (Å²) in [7, 11) is 4.22. The number of ether oxygens (including phenoxy) is 1. The molecule has 0 aromatic heterocycles. The van der Waals surface area contributed by atoms with Crippen LogP contribution < -0.4 is 4.74 Å². The second-order valence-corrected chi connectivity index (χ2v) is 5.35. The molecule has 0 saturated heterocycles. The maximum absolute atomic E-state index is 6.02. The molecule has 0 amide bonds. The molecule has 18 heavy (non-hydrogen) atoms. The first-order chi connectivity index (χ1) is 8.66. The average molecular weight is 266 g/mol. The summed E-state index contributed by atoms with van der Waals surface area (Å²) >= 11 is 6.02. The lowest BCUT2D eigenvalue weighted by Gasteiger charge is -2.13. The van der Waals surface area contributed by atoms with Crippen molar-refractivity contribution in [1.82, 2.24) is 4.90 Å². The quantitative estimate of drug-likeness (QED) is 0.820. The Balaban J connectivity index is 2.13. The molecular weight excluding hydrogens is 246 g/mol. The van der Waals surface area contributed by atoms with Gasteiger partial charge in [0.05, 0.1) is 6.61 Å². The molecule has 0 atom stereocenters. The summed E-state index contributed by atoms with van der Waals surface area (Å²) in [6.45, 7) is 1.85. The Bertz CT molecular complexity index is 440. The minimum Gasteiger partial charge on any atom is -0.493 e. The van der Waals surface area contributed by atoms with E-state index in [1.54, 1.807) is 0 Å². The summed E-state index contributed by atoms with van der Waals surface area (Å²) < 4.78 is 5.74. The summed E-state index contributed by atoms with van der Waals surface area (Å²) in [5.41, 5.74) is 2.59. The molecule has 0 unspecified atom stereocenters. The molecule has 0 bridgehead atoms. The maximum atomic E-state index is 6.02. The third kappa shape index (κ3) is 3.50. The Labute approximate surface area is 114 Å². The van der Waals surface area contributed by atoms with Crippen LogP contribution in [0.2, 0.25) is 5.02 Å². The topological polar surface area (TPSA) is 12.5 Å². The molecule has 1 aliphatic heterocycles. The predicted octanol–water partition coefficient (Wildman–Crippen LogP) is 3.85. The second kappa shape index (κ2) is 6.26. The first kappa shape index (κ1) is 13.4. The predicted molar refractivity (Wildman–Crippen MR) is 77.3 cm³/mol. The van der Waals surface area contributed by atoms with Crippen molar-refractivity contribution in [2.75, 3.05) is 27.2 Å². The van der Waals surface area contributed by atoms with Crippen LogP contribution in [0.1, 0.15) is 24.8 Å². The van der Waals surface area contributed by atoms with Crippen LogP contribution in [0, 0.1) is 0 Å². The van der Waals surface area contributed by atoms with Gasteiger partial charge in [-0.25, -0.2) is 0 Å². The minimum atomic E-state index is 0.739. The lowest BCUT2D eigenvalue weighted by atomic mass is 9.99. The van der Waals surface area contributed by atoms with Gasteiger partial charge in [0.15, 0.2) is 0 Å². The van der Waals surface area contributed by atoms with Crippen LogP contribution in [-0.4, -0.2) is 32.1 Å². The molecule has 98 valence electrons. The van der Waals surface area contributed by atoms with E-state index in [0.29, 0.717) is 0 Å². The Kier molecular flexibility index (Phi) is 4.67. The van der Waals surface area contributed by atoms with E-state index < -0.39 is 0 Å². The van der Waals surface area contributed by atoms with E-state index in [2.05, 4.69) is 31.1 Å². The molecule has 0 radical (unpaired) electrons. The number of allylic oxidation sites excluding steroid dienone is 1. The van der Waals surface area contributed by atoms with Gasteiger partial charge in [-0.2, -0.15) is 0 Å². The van der Waals surface area contributed by atoms with E-state index in [1.807, 2.05) is 12.1 Å². The molecule has 0 fully saturated rings. The maximum Gasteiger partial charge on any atom is 0.128 e. The van der Waals surface area contributed by atoms with Crippen LogP contribution in [0.15, 0.2) is 24.3 Å². The monoisotopic (exact) mass is 265 g/mol. The normalized spacial score (nSPS) is 14.8. The van der Waals surface area contributed by atoms with Crippen LogP contribution >= 0.6 is 11.6 Å². The molecule has 0 spiro atoms. The van der Waals surface area contributed by atoms with Gasteiger partial charge in [0, 0.05) is 17.0 Å². The highest BCUT2D eigenvalue weighted by molar-refractivity contribution is 6.30. The molecule has 0 saturated carbocycles. The number of halogens is 1. The standard InChI is InChI=1S/C15H20ClNO/c1-17(2)9-3-5-12-6-4-10-18-15-11-13(16)7-8-14(12)15/h6-8,11H,3-5,9-10H2,1-2H3. The Morgan fingerprint density at radius 1 is 1.33 bits per heavy atom. The van der Waals surface area contributed by atoms with Gasteiger partial charge in [0.1, 0.15) is 5.75 Å². The third-order valence-corrected chi connectivity index (χ3v) is 3.34. The Morgan fingerprint density at radius 2 is 2.17 bits per heavy atom. The van der Waals surface area contributed by atoms with Crippen LogP contribution in [0.3, 0.4) is 0 Å². The van der Waals surface area contributed by atoms with E-state index >= 15 is 0 Å². The van der Waals surface area contributed by atoms with Crippen molar-refractivity contribution in [2.24, 2.45) is 0 Å². The summed E-state index contributed by atoms with van der Waals surface area (Å²) in [6, 6.07) is 5.93. The summed E-state index contributed by atoms with van der Waals surface area (Å²) in [5.74, 6) is 0.927. The van der Waals surface area contributed by atoms with Crippen molar-refractivity contribution in [3.05, 3.63) is 34.9 Å². The smallest absolute Gasteiger partial charge is 0.128 e. The van der Waals surface area contributed by atoms with Crippen molar-refractivity contribution < 1.29 is 4.74 Å². The zero-order chi connectivity index (χ0) is 13.0. The zero-order valence-electron chi connectivity index (χ0n) is 11.1. The van der Waals surface area contributed by atoms with Gasteiger partial charge in [0.25, 0.3) is 0 Å². The van der Waals surface area contributed by atoms with Crippen LogP contribution in [-0.2, 0) is 0 Å². The fraction of sp³-hybridized carbons (Fsp3) is 0.467. The van der Waals surface area contributed by atoms with E-state index in [0.717, 1.165) is 36.8 Å². The first-order valence-corrected chi connectivity index (χ1v) is 6.81. The van der Waals surface area contributed by atoms with Crippen LogP contribution in [0.5, 0.6) is 5.75 Å². The van der Waals surface area contributed by atoms with Crippen molar-refractivity contribution in [1.29, 1.82) is 0 Å². The largest absolute Gasteiger partial charge is 0.493 e. The lowest BCUT2D eigenvalue weighted by molar-refractivity contribution is 0.326. The zero-order valence-corrected chi connectivity index (χ0v) is 11.8. The highest BCUT2D eigenvalue weighted by atomic mass is 35.5. The highest BCUT2D eigenvalue weighted by Gasteiger charge is 2.12. The fourth-order valence-electron chi connectivity index (χ4n) is 2.22. The SMILES string of the molecule is CN(C)CCCC1=CCCOc2cc(Cl)ccc21. The summed E-state index contributed by atoms with van der Waals surface area (Å²) in [6.07, 6.45) is 5.54. The van der Waals surface area contributed by atoms with Gasteiger partial charge in [-0.3, -0.25) is 0 Å². The highest BCUT2D eigenvalue weighted by Crippen LogP contribution is 2.33. The van der Waals surface area contributed by atoms with Gasteiger partial charge in [0.2, 0.25) is 0 Å². The van der Waals surface area contributed by atoms with Gasteiger partial charge < -0.3 is 9.64 Å². The number of nitrogens with zero attached hydrogens (tertiary/aromatic N) is 1. The van der Waals surface area contributed by atoms with Gasteiger partial charge >= 0.3 is 0 Å². The van der Waals surface area contributed by atoms with Gasteiger partial charge in [-0.1, -0.05) is 17.7 Å². The second-order valence-electron chi connectivity index (χ2n) is 4.91. The molecule has 2 nitrogen and oxygen atoms in total. The van der Waals surface area contributed by atoms with Crippen LogP contribution in [0.4, 0.5) is 0 Å². The van der Waals surface area contributed by atoms with Crippen molar-refractivity contribution in [2.45, 2.75) is 19.3 Å². The van der Waals surface area contributed by atoms with E-state index in [4.69, 9.17) is 16.3 Å². The Hall–Kier alpha value is -0.990. The Morgan fingerprint density at radius 3 is 2.94 bits per heavy atom. The summed E-state index contributed by atoms with van der Waals surface area (Å²) in [4.78, 5) is 2.22. The summed E-state index contributed by atoms with van der Waals surface area (Å²) in [5, 5.41) is 0.739. The van der Waals surface area contributed by atoms with E-state index in [9.17, 15) is 0 Å². The fourth-order valence-corrected chi connectivity index (χ4v) is 2.38. The molecule has 1 aromatic carbocycles. The number of rotatable bonds is 4.